The molecule has 0 bridgehead atoms. The average molecular weight is 532 g/mol. The molecule has 2 aliphatic carbocycles. The Hall–Kier alpha value is -3.41. The molecule has 0 radical (unpaired) electrons. The van der Waals surface area contributed by atoms with Crippen molar-refractivity contribution in [3.8, 4) is 5.75 Å². The van der Waals surface area contributed by atoms with Crippen LogP contribution in [0.2, 0.25) is 0 Å². The van der Waals surface area contributed by atoms with Gasteiger partial charge in [0.05, 0.1) is 22.9 Å². The molecule has 0 saturated heterocycles. The van der Waals surface area contributed by atoms with Gasteiger partial charge in [-0.3, -0.25) is 14.6 Å². The molecule has 0 unspecified atom stereocenters. The Bertz CT molecular complexity index is 1370. The third-order valence-corrected chi connectivity index (χ3v) is 8.00. The number of amides is 2. The van der Waals surface area contributed by atoms with Crippen molar-refractivity contribution in [1.29, 1.82) is 0 Å². The Morgan fingerprint density at radius 3 is 2.89 bits per heavy atom. The molecule has 3 heterocycles. The highest BCUT2D eigenvalue weighted by Crippen LogP contribution is 2.44. The smallest absolute Gasteiger partial charge is 0.422 e. The molecule has 194 valence electrons. The van der Waals surface area contributed by atoms with E-state index < -0.39 is 18.3 Å². The van der Waals surface area contributed by atoms with Crippen LogP contribution in [0.25, 0.3) is 0 Å². The number of thiazole rings is 1. The predicted octanol–water partition coefficient (Wildman–Crippen LogP) is 4.46. The predicted molar refractivity (Wildman–Crippen MR) is 129 cm³/mol. The first kappa shape index (κ1) is 24.0. The van der Waals surface area contributed by atoms with Gasteiger partial charge in [-0.15, -0.1) is 11.3 Å². The van der Waals surface area contributed by atoms with E-state index >= 15 is 0 Å². The van der Waals surface area contributed by atoms with E-state index in [2.05, 4.69) is 15.6 Å². The summed E-state index contributed by atoms with van der Waals surface area (Å²) in [6.45, 7) is -0.766. The second-order valence-electron chi connectivity index (χ2n) is 9.88. The van der Waals surface area contributed by atoms with E-state index in [1.807, 2.05) is 0 Å². The van der Waals surface area contributed by atoms with Gasteiger partial charge >= 0.3 is 6.18 Å². The number of benzene rings is 1. The normalized spacial score (nSPS) is 20.5. The first-order chi connectivity index (χ1) is 17.7. The molecule has 1 aliphatic heterocycles. The van der Waals surface area contributed by atoms with Gasteiger partial charge in [-0.2, -0.15) is 18.3 Å². The van der Waals surface area contributed by atoms with Crippen LogP contribution < -0.4 is 15.4 Å². The lowest BCUT2D eigenvalue weighted by Gasteiger charge is -2.35. The van der Waals surface area contributed by atoms with E-state index in [0.717, 1.165) is 17.5 Å². The van der Waals surface area contributed by atoms with Crippen LogP contribution in [0.4, 0.5) is 19.0 Å². The van der Waals surface area contributed by atoms with E-state index in [1.54, 1.807) is 22.3 Å². The molecule has 8 nitrogen and oxygen atoms in total. The summed E-state index contributed by atoms with van der Waals surface area (Å²) in [5, 5.41) is 10.8. The summed E-state index contributed by atoms with van der Waals surface area (Å²) >= 11 is 1.21. The molecule has 1 aromatic carbocycles. The van der Waals surface area contributed by atoms with Crippen LogP contribution in [0.15, 0.2) is 29.9 Å². The SMILES string of the molecule is O=C(Nc1c2c(nn1CCC1CC1)C[C@]1(CCc3cc(OCC(F)(F)F)ccc31)NC2=O)c1cncs1. The van der Waals surface area contributed by atoms with Crippen molar-refractivity contribution in [2.45, 2.75) is 56.8 Å². The van der Waals surface area contributed by atoms with E-state index in [1.165, 1.54) is 36.4 Å². The monoisotopic (exact) mass is 531 g/mol. The van der Waals surface area contributed by atoms with Crippen molar-refractivity contribution in [1.82, 2.24) is 20.1 Å². The van der Waals surface area contributed by atoms with E-state index in [-0.39, 0.29) is 17.6 Å². The van der Waals surface area contributed by atoms with Gasteiger partial charge < -0.3 is 15.4 Å². The lowest BCUT2D eigenvalue weighted by atomic mass is 9.82. The Kier molecular flexibility index (Phi) is 5.74. The Balaban J connectivity index is 1.30. The van der Waals surface area contributed by atoms with Crippen LogP contribution in [-0.2, 0) is 24.9 Å². The molecule has 3 aromatic rings. The van der Waals surface area contributed by atoms with Crippen LogP contribution in [0.1, 0.15) is 62.5 Å². The zero-order chi connectivity index (χ0) is 25.8. The molecule has 2 amide bonds. The standard InChI is InChI=1S/C25H24F3N5O3S/c26-25(27,28)12-36-16-3-4-17-15(9-16)5-7-24(17)10-18-20(23(35)31-24)21(30-22(34)19-11-29-13-37-19)33(32-18)8-6-14-1-2-14/h3-4,9,11,13-14H,1-2,5-8,10,12H2,(H,30,34)(H,31,35)/t24-/m0/s1. The molecule has 1 atom stereocenters. The number of ether oxygens (including phenoxy) is 1. The number of alkyl halides is 3. The minimum Gasteiger partial charge on any atom is -0.484 e. The van der Waals surface area contributed by atoms with Gasteiger partial charge in [0.15, 0.2) is 6.61 Å². The van der Waals surface area contributed by atoms with Crippen molar-refractivity contribution in [3.05, 3.63) is 57.2 Å². The number of aromatic nitrogens is 3. The van der Waals surface area contributed by atoms with Crippen molar-refractivity contribution in [3.63, 3.8) is 0 Å². The molecule has 3 aliphatic rings. The van der Waals surface area contributed by atoms with Gasteiger partial charge in [-0.05, 0) is 48.4 Å². The third kappa shape index (κ3) is 4.70. The van der Waals surface area contributed by atoms with Crippen LogP contribution in [0.5, 0.6) is 5.75 Å². The maximum Gasteiger partial charge on any atom is 0.422 e. The summed E-state index contributed by atoms with van der Waals surface area (Å²) < 4.78 is 44.4. The van der Waals surface area contributed by atoms with Gasteiger partial charge in [0, 0.05) is 13.0 Å². The minimum atomic E-state index is -4.42. The van der Waals surface area contributed by atoms with Crippen LogP contribution in [0, 0.1) is 5.92 Å². The number of hydrogen-bond donors (Lipinski definition) is 2. The molecule has 37 heavy (non-hydrogen) atoms. The first-order valence-electron chi connectivity index (χ1n) is 12.2. The summed E-state index contributed by atoms with van der Waals surface area (Å²) in [5.41, 5.74) is 3.52. The molecule has 1 fully saturated rings. The van der Waals surface area contributed by atoms with Crippen LogP contribution in [-0.4, -0.2) is 39.4 Å². The van der Waals surface area contributed by atoms with Gasteiger partial charge in [0.25, 0.3) is 11.8 Å². The van der Waals surface area contributed by atoms with Gasteiger partial charge in [0.2, 0.25) is 0 Å². The fourth-order valence-electron chi connectivity index (χ4n) is 5.28. The number of carbonyl (C=O) groups is 2. The molecule has 1 saturated carbocycles. The molecule has 2 aromatic heterocycles. The largest absolute Gasteiger partial charge is 0.484 e. The number of anilines is 1. The van der Waals surface area contributed by atoms with Crippen molar-refractivity contribution in [2.75, 3.05) is 11.9 Å². The number of halogens is 3. The molecular weight excluding hydrogens is 507 g/mol. The van der Waals surface area contributed by atoms with Gasteiger partial charge in [-0.1, -0.05) is 18.9 Å². The average Bonchev–Trinajstić information content (AvgIpc) is 3.23. The Labute approximate surface area is 214 Å². The van der Waals surface area contributed by atoms with Crippen molar-refractivity contribution >= 4 is 29.0 Å². The molecular formula is C25H24F3N5O3S. The van der Waals surface area contributed by atoms with Gasteiger partial charge in [0.1, 0.15) is 22.0 Å². The minimum absolute atomic E-state index is 0.147. The lowest BCUT2D eigenvalue weighted by Crippen LogP contribution is -2.49. The topological polar surface area (TPSA) is 98.1 Å². The second-order valence-corrected chi connectivity index (χ2v) is 10.8. The fraction of sp³-hybridized carbons (Fsp3) is 0.440. The maximum atomic E-state index is 13.5. The highest BCUT2D eigenvalue weighted by Gasteiger charge is 2.46. The molecule has 12 heteroatoms. The summed E-state index contributed by atoms with van der Waals surface area (Å²) in [7, 11) is 0. The number of fused-ring (bicyclic) bond motifs is 3. The quantitative estimate of drug-likeness (QED) is 0.469. The molecule has 2 N–H and O–H groups in total. The number of hydrogen-bond acceptors (Lipinski definition) is 6. The van der Waals surface area contributed by atoms with Crippen LogP contribution in [0.3, 0.4) is 0 Å². The lowest BCUT2D eigenvalue weighted by molar-refractivity contribution is -0.153. The number of nitrogens with zero attached hydrogens (tertiary/aromatic N) is 3. The zero-order valence-corrected chi connectivity index (χ0v) is 20.5. The number of nitrogens with one attached hydrogen (secondary N) is 2. The van der Waals surface area contributed by atoms with E-state index in [0.29, 0.717) is 53.7 Å². The van der Waals surface area contributed by atoms with E-state index in [4.69, 9.17) is 9.84 Å². The molecule has 1 spiro atoms. The zero-order valence-electron chi connectivity index (χ0n) is 19.7. The van der Waals surface area contributed by atoms with Gasteiger partial charge in [-0.25, -0.2) is 4.68 Å². The number of rotatable bonds is 7. The third-order valence-electron chi connectivity index (χ3n) is 7.22. The highest BCUT2D eigenvalue weighted by atomic mass is 32.1. The fourth-order valence-corrected chi connectivity index (χ4v) is 5.79. The summed E-state index contributed by atoms with van der Waals surface area (Å²) in [5.74, 6) is 0.498. The summed E-state index contributed by atoms with van der Waals surface area (Å²) in [6.07, 6.45) is 1.94. The maximum absolute atomic E-state index is 13.5. The summed E-state index contributed by atoms with van der Waals surface area (Å²) in [6, 6.07) is 4.86. The van der Waals surface area contributed by atoms with E-state index in [9.17, 15) is 22.8 Å². The Morgan fingerprint density at radius 2 is 2.16 bits per heavy atom. The van der Waals surface area contributed by atoms with Crippen LogP contribution >= 0.6 is 11.3 Å². The second kappa shape index (κ2) is 8.86. The highest BCUT2D eigenvalue weighted by molar-refractivity contribution is 7.11. The number of carbonyl (C=O) groups excluding carboxylic acids is 2. The molecule has 6 rings (SSSR count). The summed E-state index contributed by atoms with van der Waals surface area (Å²) in [4.78, 5) is 30.7. The van der Waals surface area contributed by atoms with Crippen molar-refractivity contribution < 1.29 is 27.5 Å². The Morgan fingerprint density at radius 1 is 1.32 bits per heavy atom. The first-order valence-corrected chi connectivity index (χ1v) is 13.0. The van der Waals surface area contributed by atoms with Crippen molar-refractivity contribution in [2.24, 2.45) is 5.92 Å². The number of aryl methyl sites for hydroxylation is 2.